The average molecular weight is 564 g/mol. The van der Waals surface area contributed by atoms with Gasteiger partial charge in [-0.2, -0.15) is 26.3 Å². The molecule has 6 nitrogen and oxygen atoms in total. The number of pyridine rings is 1. The molecule has 208 valence electrons. The Morgan fingerprint density at radius 2 is 1.71 bits per heavy atom. The molecule has 0 aliphatic heterocycles. The largest absolute Gasteiger partial charge is 0.417 e. The quantitative estimate of drug-likeness (QED) is 0.357. The smallest absolute Gasteiger partial charge is 0.377 e. The lowest BCUT2D eigenvalue weighted by Crippen LogP contribution is -2.57. The number of halogens is 6. The van der Waals surface area contributed by atoms with E-state index in [0.717, 1.165) is 6.07 Å². The number of primary sulfonamides is 1. The van der Waals surface area contributed by atoms with Crippen LogP contribution >= 0.6 is 0 Å². The zero-order valence-corrected chi connectivity index (χ0v) is 21.6. The van der Waals surface area contributed by atoms with Crippen LogP contribution in [0.4, 0.5) is 26.3 Å². The molecule has 1 aliphatic rings. The van der Waals surface area contributed by atoms with Gasteiger partial charge in [0.1, 0.15) is 16.3 Å². The third kappa shape index (κ3) is 4.91. The van der Waals surface area contributed by atoms with Gasteiger partial charge >= 0.3 is 12.4 Å². The van der Waals surface area contributed by atoms with E-state index in [1.54, 1.807) is 13.8 Å². The Balaban J connectivity index is 2.01. The Morgan fingerprint density at radius 3 is 2.21 bits per heavy atom. The molecule has 2 aromatic heterocycles. The summed E-state index contributed by atoms with van der Waals surface area (Å²) in [7, 11) is -3.22. The van der Waals surface area contributed by atoms with Crippen LogP contribution in [0.15, 0.2) is 42.6 Å². The van der Waals surface area contributed by atoms with E-state index in [0.29, 0.717) is 0 Å². The minimum Gasteiger partial charge on any atom is -0.377 e. The van der Waals surface area contributed by atoms with Gasteiger partial charge in [-0.1, -0.05) is 24.6 Å². The number of aromatic nitrogens is 2. The van der Waals surface area contributed by atoms with Gasteiger partial charge in [-0.25, -0.2) is 18.5 Å². The standard InChI is InChI=1S/C25H27F6N3O3S/c1-22(2,37-3)14-34-13-17(20(25(29,30)31)23(11-6-12-23)38(32,35)36)15-9-10-19(33-21(15)34)16-7-4-5-8-18(16)24(26,27)28/h4-5,7-10,13,20H,6,11-12,14H2,1-3H3,(H2,32,35,36). The fourth-order valence-electron chi connectivity index (χ4n) is 5.14. The summed E-state index contributed by atoms with van der Waals surface area (Å²) in [6.07, 6.45) is -8.78. The molecule has 0 saturated heterocycles. The molecule has 1 unspecified atom stereocenters. The van der Waals surface area contributed by atoms with Gasteiger partial charge in [0.25, 0.3) is 0 Å². The molecule has 1 fully saturated rings. The number of fused-ring (bicyclic) bond motifs is 1. The Morgan fingerprint density at radius 1 is 1.08 bits per heavy atom. The first kappa shape index (κ1) is 28.4. The van der Waals surface area contributed by atoms with E-state index in [1.165, 1.54) is 48.2 Å². The van der Waals surface area contributed by atoms with Gasteiger partial charge < -0.3 is 9.30 Å². The van der Waals surface area contributed by atoms with Gasteiger partial charge in [-0.15, -0.1) is 0 Å². The molecule has 2 N–H and O–H groups in total. The predicted molar refractivity (Wildman–Crippen MR) is 130 cm³/mol. The maximum Gasteiger partial charge on any atom is 0.417 e. The molecule has 38 heavy (non-hydrogen) atoms. The van der Waals surface area contributed by atoms with E-state index in [9.17, 15) is 34.8 Å². The third-order valence-corrected chi connectivity index (χ3v) is 9.07. The molecule has 3 aromatic rings. The van der Waals surface area contributed by atoms with Crippen molar-refractivity contribution >= 4 is 21.1 Å². The van der Waals surface area contributed by atoms with Crippen molar-refractivity contribution in [3.05, 3.63) is 53.7 Å². The second-order valence-electron chi connectivity index (χ2n) is 10.2. The second kappa shape index (κ2) is 9.23. The summed E-state index contributed by atoms with van der Waals surface area (Å²) >= 11 is 0. The fraction of sp³-hybridized carbons (Fsp3) is 0.480. The molecule has 1 atom stereocenters. The van der Waals surface area contributed by atoms with Crippen molar-refractivity contribution in [3.8, 4) is 11.3 Å². The van der Waals surface area contributed by atoms with E-state index in [-0.39, 0.29) is 53.7 Å². The summed E-state index contributed by atoms with van der Waals surface area (Å²) in [6, 6.07) is 7.22. The highest BCUT2D eigenvalue weighted by molar-refractivity contribution is 7.90. The van der Waals surface area contributed by atoms with Crippen LogP contribution in [0.2, 0.25) is 0 Å². The van der Waals surface area contributed by atoms with Gasteiger partial charge in [0.2, 0.25) is 10.0 Å². The van der Waals surface area contributed by atoms with Crippen molar-refractivity contribution in [3.63, 3.8) is 0 Å². The minimum atomic E-state index is -4.98. The number of hydrogen-bond acceptors (Lipinski definition) is 4. The number of nitrogens with two attached hydrogens (primary N) is 1. The first-order valence-corrected chi connectivity index (χ1v) is 13.3. The lowest BCUT2D eigenvalue weighted by atomic mass is 9.71. The summed E-state index contributed by atoms with van der Waals surface area (Å²) < 4.78 is 114. The van der Waals surface area contributed by atoms with Crippen molar-refractivity contribution in [1.82, 2.24) is 9.55 Å². The number of nitrogens with zero attached hydrogens (tertiary/aromatic N) is 2. The van der Waals surface area contributed by atoms with E-state index in [2.05, 4.69) is 4.98 Å². The first-order chi connectivity index (χ1) is 17.4. The van der Waals surface area contributed by atoms with Gasteiger partial charge in [0.05, 0.1) is 23.4 Å². The number of benzene rings is 1. The fourth-order valence-corrected chi connectivity index (χ4v) is 6.59. The Bertz CT molecular complexity index is 1460. The van der Waals surface area contributed by atoms with Crippen LogP contribution in [0.1, 0.15) is 50.2 Å². The molecular weight excluding hydrogens is 536 g/mol. The van der Waals surface area contributed by atoms with Crippen LogP contribution in [-0.2, 0) is 27.5 Å². The zero-order chi connectivity index (χ0) is 28.3. The second-order valence-corrected chi connectivity index (χ2v) is 12.1. The van der Waals surface area contributed by atoms with Crippen molar-refractivity contribution in [1.29, 1.82) is 0 Å². The molecule has 0 radical (unpaired) electrons. The number of rotatable bonds is 7. The molecule has 1 aliphatic carbocycles. The molecule has 1 saturated carbocycles. The maximum atomic E-state index is 14.6. The van der Waals surface area contributed by atoms with Crippen molar-refractivity contribution in [2.45, 2.75) is 68.3 Å². The lowest BCUT2D eigenvalue weighted by Gasteiger charge is -2.45. The topological polar surface area (TPSA) is 87.2 Å². The van der Waals surface area contributed by atoms with Gasteiger partial charge in [-0.3, -0.25) is 0 Å². The summed E-state index contributed by atoms with van der Waals surface area (Å²) in [5.41, 5.74) is -2.56. The van der Waals surface area contributed by atoms with E-state index >= 15 is 0 Å². The molecule has 2 heterocycles. The zero-order valence-electron chi connectivity index (χ0n) is 20.8. The van der Waals surface area contributed by atoms with Gasteiger partial charge in [0, 0.05) is 24.3 Å². The number of hydrogen-bond donors (Lipinski definition) is 1. The van der Waals surface area contributed by atoms with Crippen LogP contribution in [0.3, 0.4) is 0 Å². The molecule has 1 aromatic carbocycles. The SMILES string of the molecule is COC(C)(C)Cn1cc(C(C(F)(F)F)C2(S(N)(=O)=O)CCC2)c2ccc(-c3ccccc3C(F)(F)F)nc21. The number of sulfonamides is 1. The average Bonchev–Trinajstić information content (AvgIpc) is 3.10. The highest BCUT2D eigenvalue weighted by atomic mass is 32.2. The molecule has 4 rings (SSSR count). The molecule has 0 bridgehead atoms. The highest BCUT2D eigenvalue weighted by Gasteiger charge is 2.63. The molecule has 13 heteroatoms. The third-order valence-electron chi connectivity index (χ3n) is 7.30. The maximum absolute atomic E-state index is 14.6. The summed E-state index contributed by atoms with van der Waals surface area (Å²) in [4.78, 5) is 4.37. The van der Waals surface area contributed by atoms with Gasteiger partial charge in [0.15, 0.2) is 0 Å². The summed E-state index contributed by atoms with van der Waals surface area (Å²) in [5, 5.41) is 5.34. The number of methoxy groups -OCH3 is 1. The van der Waals surface area contributed by atoms with Crippen molar-refractivity contribution in [2.75, 3.05) is 7.11 Å². The Kier molecular flexibility index (Phi) is 6.89. The monoisotopic (exact) mass is 563 g/mol. The van der Waals surface area contributed by atoms with Crippen LogP contribution in [0.25, 0.3) is 22.3 Å². The number of ether oxygens (including phenoxy) is 1. The van der Waals surface area contributed by atoms with Crippen LogP contribution in [0, 0.1) is 0 Å². The van der Waals surface area contributed by atoms with E-state index in [4.69, 9.17) is 9.88 Å². The Labute approximate surface area is 215 Å². The van der Waals surface area contributed by atoms with Crippen LogP contribution in [0.5, 0.6) is 0 Å². The van der Waals surface area contributed by atoms with E-state index < -0.39 is 44.2 Å². The molecular formula is C25H27F6N3O3S. The van der Waals surface area contributed by atoms with Gasteiger partial charge in [-0.05, 0) is 50.5 Å². The highest BCUT2D eigenvalue weighted by Crippen LogP contribution is 2.56. The molecule has 0 amide bonds. The summed E-state index contributed by atoms with van der Waals surface area (Å²) in [6.45, 7) is 3.35. The van der Waals surface area contributed by atoms with Crippen LogP contribution < -0.4 is 5.14 Å². The van der Waals surface area contributed by atoms with Crippen LogP contribution in [-0.4, -0.2) is 41.6 Å². The van der Waals surface area contributed by atoms with E-state index in [1.807, 2.05) is 0 Å². The van der Waals surface area contributed by atoms with Crippen molar-refractivity contribution in [2.24, 2.45) is 5.14 Å². The normalized spacial score (nSPS) is 17.4. The Hall–Kier alpha value is -2.64. The first-order valence-electron chi connectivity index (χ1n) is 11.7. The predicted octanol–water partition coefficient (Wildman–Crippen LogP) is 6.00. The number of alkyl halides is 6. The minimum absolute atomic E-state index is 0.00960. The summed E-state index contributed by atoms with van der Waals surface area (Å²) in [5.74, 6) is -2.46. The molecule has 0 spiro atoms. The van der Waals surface area contributed by atoms with Crippen molar-refractivity contribution < 1.29 is 39.5 Å². The lowest BCUT2D eigenvalue weighted by molar-refractivity contribution is -0.163.